The normalized spacial score (nSPS) is 17.6. The van der Waals surface area contributed by atoms with Crippen molar-refractivity contribution in [3.05, 3.63) is 30.2 Å². The minimum absolute atomic E-state index is 0.0356. The van der Waals surface area contributed by atoms with Gasteiger partial charge in [-0.3, -0.25) is 4.90 Å². The molecule has 1 aliphatic heterocycles. The van der Waals surface area contributed by atoms with Gasteiger partial charge in [-0.1, -0.05) is 5.16 Å². The van der Waals surface area contributed by atoms with Crippen molar-refractivity contribution in [1.29, 1.82) is 0 Å². The predicted molar refractivity (Wildman–Crippen MR) is 74.5 cm³/mol. The van der Waals surface area contributed by atoms with E-state index in [1.807, 2.05) is 0 Å². The molecule has 9 heteroatoms. The van der Waals surface area contributed by atoms with Crippen LogP contribution in [-0.2, 0) is 15.4 Å². The first-order valence-corrected chi connectivity index (χ1v) is 6.82. The van der Waals surface area contributed by atoms with Gasteiger partial charge in [-0.25, -0.2) is 9.59 Å². The average molecular weight is 324 g/mol. The molecule has 1 aromatic carbocycles. The first-order chi connectivity index (χ1) is 10.6. The highest BCUT2D eigenvalue weighted by Crippen LogP contribution is 2.25. The summed E-state index contributed by atoms with van der Waals surface area (Å²) in [6.07, 6.45) is -1.85. The predicted octanol–water partition coefficient (Wildman–Crippen LogP) is 1.89. The highest BCUT2D eigenvalue weighted by molar-refractivity contribution is 6.16. The zero-order valence-electron chi connectivity index (χ0n) is 11.1. The highest BCUT2D eigenvalue weighted by atomic mass is 35.5. The molecule has 1 N–H and O–H groups in total. The summed E-state index contributed by atoms with van der Waals surface area (Å²) in [5.41, 5.74) is 1.21. The van der Waals surface area contributed by atoms with Crippen LogP contribution in [0.3, 0.4) is 0 Å². The monoisotopic (exact) mass is 323 g/mol. The van der Waals surface area contributed by atoms with E-state index < -0.39 is 18.2 Å². The molecule has 8 nitrogen and oxygen atoms in total. The molecule has 1 amide bonds. The number of carbonyl (C=O) groups excluding carboxylic acids is 1. The average Bonchev–Trinajstić information content (AvgIpc) is 3.14. The lowest BCUT2D eigenvalue weighted by molar-refractivity contribution is -0.144. The number of alkyl halides is 1. The van der Waals surface area contributed by atoms with Crippen molar-refractivity contribution in [2.45, 2.75) is 12.0 Å². The number of benzene rings is 1. The van der Waals surface area contributed by atoms with Crippen molar-refractivity contribution < 1.29 is 24.0 Å². The topological polar surface area (TPSA) is 106 Å². The van der Waals surface area contributed by atoms with Crippen LogP contribution in [0.25, 0.3) is 11.4 Å². The minimum Gasteiger partial charge on any atom is -0.478 e. The lowest BCUT2D eigenvalue weighted by Crippen LogP contribution is -2.27. The molecule has 0 radical (unpaired) electrons. The molecule has 2 heterocycles. The number of carboxylic acids is 1. The summed E-state index contributed by atoms with van der Waals surface area (Å²) in [5.74, 6) is -0.350. The molecule has 1 atom stereocenters. The number of ether oxygens (including phenoxy) is 1. The van der Waals surface area contributed by atoms with E-state index in [0.717, 1.165) is 0 Å². The molecular formula is C13H10ClN3O5. The van der Waals surface area contributed by atoms with Crippen LogP contribution < -0.4 is 4.90 Å². The fourth-order valence-corrected chi connectivity index (χ4v) is 2.13. The molecule has 1 aliphatic rings. The molecule has 3 rings (SSSR count). The number of nitrogens with zero attached hydrogens (tertiary/aromatic N) is 3. The number of halogens is 1. The lowest BCUT2D eigenvalue weighted by atomic mass is 10.2. The number of amides is 1. The number of rotatable bonds is 4. The summed E-state index contributed by atoms with van der Waals surface area (Å²) in [4.78, 5) is 27.9. The molecular weight excluding hydrogens is 314 g/mol. The Morgan fingerprint density at radius 2 is 2.14 bits per heavy atom. The van der Waals surface area contributed by atoms with E-state index in [2.05, 4.69) is 10.1 Å². The third-order valence-electron chi connectivity index (χ3n) is 3.11. The second-order valence-electron chi connectivity index (χ2n) is 4.51. The fourth-order valence-electron chi connectivity index (χ4n) is 2.02. The van der Waals surface area contributed by atoms with E-state index in [1.165, 1.54) is 4.90 Å². The highest BCUT2D eigenvalue weighted by Gasteiger charge is 2.36. The Bertz CT molecular complexity index is 715. The Labute approximate surface area is 129 Å². The Kier molecular flexibility index (Phi) is 3.68. The molecule has 1 aromatic heterocycles. The maximum Gasteiger partial charge on any atom is 0.415 e. The van der Waals surface area contributed by atoms with Gasteiger partial charge in [0.2, 0.25) is 17.8 Å². The number of carbonyl (C=O) groups is 2. The molecule has 22 heavy (non-hydrogen) atoms. The third-order valence-corrected chi connectivity index (χ3v) is 3.34. The largest absolute Gasteiger partial charge is 0.478 e. The molecule has 114 valence electrons. The number of aliphatic carboxylic acids is 1. The molecule has 0 saturated carbocycles. The molecule has 0 bridgehead atoms. The zero-order valence-corrected chi connectivity index (χ0v) is 11.9. The van der Waals surface area contributed by atoms with E-state index in [1.54, 1.807) is 24.3 Å². The molecule has 2 aromatic rings. The van der Waals surface area contributed by atoms with Crippen LogP contribution >= 0.6 is 11.6 Å². The summed E-state index contributed by atoms with van der Waals surface area (Å²) in [7, 11) is 0. The molecule has 1 saturated heterocycles. The van der Waals surface area contributed by atoms with Gasteiger partial charge in [0.25, 0.3) is 0 Å². The van der Waals surface area contributed by atoms with Gasteiger partial charge in [-0.15, -0.1) is 11.6 Å². The Morgan fingerprint density at radius 3 is 2.68 bits per heavy atom. The summed E-state index contributed by atoms with van der Waals surface area (Å²) < 4.78 is 9.67. The van der Waals surface area contributed by atoms with Gasteiger partial charge in [0, 0.05) is 11.3 Å². The van der Waals surface area contributed by atoms with Gasteiger partial charge < -0.3 is 14.4 Å². The summed E-state index contributed by atoms with van der Waals surface area (Å²) in [6, 6.07) is 6.69. The Balaban J connectivity index is 1.79. The number of hydrogen-bond donors (Lipinski definition) is 1. The Morgan fingerprint density at radius 1 is 1.41 bits per heavy atom. The van der Waals surface area contributed by atoms with Crippen molar-refractivity contribution >= 4 is 29.4 Å². The van der Waals surface area contributed by atoms with Gasteiger partial charge in [-0.05, 0) is 24.3 Å². The van der Waals surface area contributed by atoms with Crippen LogP contribution in [0.4, 0.5) is 10.5 Å². The number of anilines is 1. The first-order valence-electron chi connectivity index (χ1n) is 6.28. The first kappa shape index (κ1) is 14.3. The SMILES string of the molecule is O=C(O)C1CN(c2ccc(-c3noc(CCl)n3)cc2)C(=O)O1. The van der Waals surface area contributed by atoms with E-state index in [0.29, 0.717) is 23.0 Å². The van der Waals surface area contributed by atoms with Crippen LogP contribution in [0.5, 0.6) is 0 Å². The molecule has 1 fully saturated rings. The van der Waals surface area contributed by atoms with Crippen LogP contribution in [-0.4, -0.2) is 40.0 Å². The smallest absolute Gasteiger partial charge is 0.415 e. The summed E-state index contributed by atoms with van der Waals surface area (Å²) in [6.45, 7) is -0.0356. The number of hydrogen-bond acceptors (Lipinski definition) is 6. The minimum atomic E-state index is -1.17. The summed E-state index contributed by atoms with van der Waals surface area (Å²) in [5, 5.41) is 12.7. The maximum atomic E-state index is 11.7. The van der Waals surface area contributed by atoms with E-state index in [4.69, 9.17) is 26.0 Å². The van der Waals surface area contributed by atoms with Crippen LogP contribution in [0.1, 0.15) is 5.89 Å². The summed E-state index contributed by atoms with van der Waals surface area (Å²) >= 11 is 5.59. The molecule has 0 spiro atoms. The van der Waals surface area contributed by atoms with Crippen molar-refractivity contribution in [2.75, 3.05) is 11.4 Å². The van der Waals surface area contributed by atoms with Crippen LogP contribution in [0.2, 0.25) is 0 Å². The van der Waals surface area contributed by atoms with Crippen molar-refractivity contribution in [3.63, 3.8) is 0 Å². The molecule has 1 unspecified atom stereocenters. The fraction of sp³-hybridized carbons (Fsp3) is 0.231. The van der Waals surface area contributed by atoms with Crippen LogP contribution in [0.15, 0.2) is 28.8 Å². The lowest BCUT2D eigenvalue weighted by Gasteiger charge is -2.12. The van der Waals surface area contributed by atoms with E-state index >= 15 is 0 Å². The van der Waals surface area contributed by atoms with E-state index in [9.17, 15) is 9.59 Å². The van der Waals surface area contributed by atoms with Gasteiger partial charge in [-0.2, -0.15) is 4.98 Å². The molecule has 0 aliphatic carbocycles. The second-order valence-corrected chi connectivity index (χ2v) is 4.78. The second kappa shape index (κ2) is 5.64. The van der Waals surface area contributed by atoms with Crippen molar-refractivity contribution in [2.24, 2.45) is 0 Å². The van der Waals surface area contributed by atoms with Gasteiger partial charge in [0.1, 0.15) is 5.88 Å². The zero-order chi connectivity index (χ0) is 15.7. The number of cyclic esters (lactones) is 1. The number of aromatic nitrogens is 2. The van der Waals surface area contributed by atoms with Gasteiger partial charge in [0.15, 0.2) is 0 Å². The van der Waals surface area contributed by atoms with Gasteiger partial charge in [0.05, 0.1) is 6.54 Å². The maximum absolute atomic E-state index is 11.7. The van der Waals surface area contributed by atoms with Gasteiger partial charge >= 0.3 is 12.1 Å². The van der Waals surface area contributed by atoms with Crippen molar-refractivity contribution in [1.82, 2.24) is 10.1 Å². The quantitative estimate of drug-likeness (QED) is 0.856. The third kappa shape index (κ3) is 2.60. The Hall–Kier alpha value is -2.61. The van der Waals surface area contributed by atoms with Crippen molar-refractivity contribution in [3.8, 4) is 11.4 Å². The standard InChI is InChI=1S/C13H10ClN3O5/c14-5-10-15-11(16-22-10)7-1-3-8(4-2-7)17-6-9(12(18)19)21-13(17)20/h1-4,9H,5-6H2,(H,18,19). The van der Waals surface area contributed by atoms with Crippen LogP contribution in [0, 0.1) is 0 Å². The number of carboxylic acid groups (broad SMARTS) is 1. The van der Waals surface area contributed by atoms with E-state index in [-0.39, 0.29) is 12.4 Å².